The lowest BCUT2D eigenvalue weighted by Gasteiger charge is -2.25. The Bertz CT molecular complexity index is 420. The molecule has 3 atom stereocenters. The Morgan fingerprint density at radius 3 is 2.48 bits per heavy atom. The van der Waals surface area contributed by atoms with Gasteiger partial charge in [0, 0.05) is 12.3 Å². The molecule has 0 aromatic carbocycles. The summed E-state index contributed by atoms with van der Waals surface area (Å²) >= 11 is 0. The van der Waals surface area contributed by atoms with Gasteiger partial charge in [0.1, 0.15) is 11.8 Å². The second-order valence-corrected chi connectivity index (χ2v) is 6.39. The number of rotatable bonds is 7. The van der Waals surface area contributed by atoms with E-state index in [9.17, 15) is 14.4 Å². The maximum Gasteiger partial charge on any atom is 0.240 e. The Hall–Kier alpha value is -1.43. The van der Waals surface area contributed by atoms with Crippen molar-refractivity contribution in [3.05, 3.63) is 0 Å². The number of hydrogen-bond donors (Lipinski definition) is 3. The second kappa shape index (κ2) is 7.02. The predicted molar refractivity (Wildman–Crippen MR) is 78.0 cm³/mol. The number of amides is 2. The van der Waals surface area contributed by atoms with Gasteiger partial charge in [0.2, 0.25) is 11.8 Å². The number of nitrogens with two attached hydrogens (primary N) is 2. The Kier molecular flexibility index (Phi) is 5.33. The van der Waals surface area contributed by atoms with Crippen LogP contribution in [0.2, 0.25) is 0 Å². The van der Waals surface area contributed by atoms with Crippen LogP contribution in [0, 0.1) is 11.8 Å². The third-order valence-corrected chi connectivity index (χ3v) is 4.48. The molecular formula is C15H25N3O3. The molecule has 2 aliphatic carbocycles. The van der Waals surface area contributed by atoms with Gasteiger partial charge in [0.25, 0.3) is 0 Å². The van der Waals surface area contributed by atoms with E-state index in [0.717, 1.165) is 32.1 Å². The number of carbonyl (C=O) groups is 3. The van der Waals surface area contributed by atoms with Crippen molar-refractivity contribution < 1.29 is 14.4 Å². The number of ketones is 1. The molecule has 118 valence electrons. The molecule has 0 bridgehead atoms. The lowest BCUT2D eigenvalue weighted by atomic mass is 9.83. The van der Waals surface area contributed by atoms with E-state index in [-0.39, 0.29) is 17.6 Å². The van der Waals surface area contributed by atoms with E-state index >= 15 is 0 Å². The monoisotopic (exact) mass is 295 g/mol. The van der Waals surface area contributed by atoms with Crippen LogP contribution in [0.25, 0.3) is 0 Å². The smallest absolute Gasteiger partial charge is 0.240 e. The third kappa shape index (κ3) is 4.81. The Labute approximate surface area is 125 Å². The summed E-state index contributed by atoms with van der Waals surface area (Å²) < 4.78 is 0. The number of carbonyl (C=O) groups excluding carboxylic acids is 3. The molecular weight excluding hydrogens is 270 g/mol. The molecule has 6 heteroatoms. The molecule has 0 saturated heterocycles. The van der Waals surface area contributed by atoms with Crippen LogP contribution in [0.4, 0.5) is 0 Å². The van der Waals surface area contributed by atoms with Gasteiger partial charge >= 0.3 is 0 Å². The lowest BCUT2D eigenvalue weighted by molar-refractivity contribution is -0.130. The standard InChI is InChI=1S/C15H25N3O3/c16-11(7-9-5-6-9)15(21)18-12(14(17)20)8-10-3-1-2-4-13(10)19/h9-12H,1-8,16H2,(H2,17,20)(H,18,21)/t10-,11-,12-/m0/s1. The molecule has 0 unspecified atom stereocenters. The van der Waals surface area contributed by atoms with Crippen LogP contribution in [0.3, 0.4) is 0 Å². The Morgan fingerprint density at radius 2 is 1.90 bits per heavy atom. The topological polar surface area (TPSA) is 115 Å². The summed E-state index contributed by atoms with van der Waals surface area (Å²) in [6.07, 6.45) is 6.42. The van der Waals surface area contributed by atoms with Gasteiger partial charge in [-0.25, -0.2) is 0 Å². The molecule has 0 heterocycles. The normalized spacial score (nSPS) is 25.2. The minimum absolute atomic E-state index is 0.170. The first-order chi connectivity index (χ1) is 9.97. The average Bonchev–Trinajstić information content (AvgIpc) is 3.23. The first kappa shape index (κ1) is 15.9. The number of hydrogen-bond acceptors (Lipinski definition) is 4. The molecule has 5 N–H and O–H groups in total. The summed E-state index contributed by atoms with van der Waals surface area (Å²) in [5.74, 6) is -0.396. The first-order valence-electron chi connectivity index (χ1n) is 7.85. The van der Waals surface area contributed by atoms with E-state index < -0.39 is 18.0 Å². The Morgan fingerprint density at radius 1 is 1.19 bits per heavy atom. The highest BCUT2D eigenvalue weighted by Crippen LogP contribution is 2.33. The maximum absolute atomic E-state index is 12.0. The minimum Gasteiger partial charge on any atom is -0.368 e. The largest absolute Gasteiger partial charge is 0.368 e. The van der Waals surface area contributed by atoms with E-state index in [4.69, 9.17) is 11.5 Å². The zero-order valence-corrected chi connectivity index (χ0v) is 12.3. The lowest BCUT2D eigenvalue weighted by Crippen LogP contribution is -2.51. The molecule has 21 heavy (non-hydrogen) atoms. The summed E-state index contributed by atoms with van der Waals surface area (Å²) in [4.78, 5) is 35.4. The highest BCUT2D eigenvalue weighted by atomic mass is 16.2. The molecule has 6 nitrogen and oxygen atoms in total. The van der Waals surface area contributed by atoms with Crippen molar-refractivity contribution in [3.63, 3.8) is 0 Å². The van der Waals surface area contributed by atoms with Crippen LogP contribution in [0.5, 0.6) is 0 Å². The van der Waals surface area contributed by atoms with Crippen molar-refractivity contribution in [1.29, 1.82) is 0 Å². The van der Waals surface area contributed by atoms with Gasteiger partial charge in [-0.1, -0.05) is 19.3 Å². The van der Waals surface area contributed by atoms with Crippen LogP contribution in [-0.4, -0.2) is 29.7 Å². The van der Waals surface area contributed by atoms with Crippen molar-refractivity contribution >= 4 is 17.6 Å². The van der Waals surface area contributed by atoms with Gasteiger partial charge < -0.3 is 16.8 Å². The van der Waals surface area contributed by atoms with E-state index in [1.165, 1.54) is 0 Å². The van der Waals surface area contributed by atoms with Crippen molar-refractivity contribution in [1.82, 2.24) is 5.32 Å². The van der Waals surface area contributed by atoms with Crippen LogP contribution in [0.1, 0.15) is 51.4 Å². The van der Waals surface area contributed by atoms with Crippen molar-refractivity contribution in [2.24, 2.45) is 23.3 Å². The fraction of sp³-hybridized carbons (Fsp3) is 0.800. The quantitative estimate of drug-likeness (QED) is 0.623. The molecule has 2 rings (SSSR count). The second-order valence-electron chi connectivity index (χ2n) is 6.39. The number of primary amides is 1. The van der Waals surface area contributed by atoms with E-state index in [2.05, 4.69) is 5.32 Å². The molecule has 0 aromatic rings. The van der Waals surface area contributed by atoms with E-state index in [0.29, 0.717) is 25.2 Å². The Balaban J connectivity index is 1.86. The minimum atomic E-state index is -0.796. The van der Waals surface area contributed by atoms with Gasteiger partial charge in [-0.3, -0.25) is 14.4 Å². The molecule has 2 fully saturated rings. The van der Waals surface area contributed by atoms with Gasteiger partial charge in [0.15, 0.2) is 0 Å². The fourth-order valence-electron chi connectivity index (χ4n) is 2.93. The van der Waals surface area contributed by atoms with Crippen molar-refractivity contribution in [3.8, 4) is 0 Å². The molecule has 0 aromatic heterocycles. The molecule has 0 spiro atoms. The van der Waals surface area contributed by atoms with E-state index in [1.54, 1.807) is 0 Å². The van der Waals surface area contributed by atoms with Crippen molar-refractivity contribution in [2.75, 3.05) is 0 Å². The molecule has 0 aliphatic heterocycles. The zero-order chi connectivity index (χ0) is 15.4. The summed E-state index contributed by atoms with van der Waals surface area (Å²) in [6, 6.07) is -1.39. The van der Waals surface area contributed by atoms with Gasteiger partial charge in [-0.2, -0.15) is 0 Å². The first-order valence-corrected chi connectivity index (χ1v) is 7.85. The zero-order valence-electron chi connectivity index (χ0n) is 12.3. The number of Topliss-reactive ketones (excluding diaryl/α,β-unsaturated/α-hetero) is 1. The van der Waals surface area contributed by atoms with Gasteiger partial charge in [0.05, 0.1) is 6.04 Å². The fourth-order valence-corrected chi connectivity index (χ4v) is 2.93. The van der Waals surface area contributed by atoms with Crippen LogP contribution < -0.4 is 16.8 Å². The maximum atomic E-state index is 12.0. The summed E-state index contributed by atoms with van der Waals surface area (Å²) in [7, 11) is 0. The summed E-state index contributed by atoms with van der Waals surface area (Å²) in [5.41, 5.74) is 11.2. The van der Waals surface area contributed by atoms with Crippen LogP contribution >= 0.6 is 0 Å². The molecule has 0 radical (unpaired) electrons. The summed E-state index contributed by atoms with van der Waals surface area (Å²) in [5, 5.41) is 2.63. The van der Waals surface area contributed by atoms with Crippen molar-refractivity contribution in [2.45, 2.75) is 63.5 Å². The molecule has 2 amide bonds. The summed E-state index contributed by atoms with van der Waals surface area (Å²) in [6.45, 7) is 0. The number of nitrogens with one attached hydrogen (secondary N) is 1. The van der Waals surface area contributed by atoms with Gasteiger partial charge in [-0.15, -0.1) is 0 Å². The molecule has 2 saturated carbocycles. The van der Waals surface area contributed by atoms with E-state index in [1.807, 2.05) is 0 Å². The van der Waals surface area contributed by atoms with Crippen LogP contribution in [-0.2, 0) is 14.4 Å². The third-order valence-electron chi connectivity index (χ3n) is 4.48. The highest BCUT2D eigenvalue weighted by Gasteiger charge is 2.31. The van der Waals surface area contributed by atoms with Crippen LogP contribution in [0.15, 0.2) is 0 Å². The average molecular weight is 295 g/mol. The highest BCUT2D eigenvalue weighted by molar-refractivity contribution is 5.90. The molecule has 2 aliphatic rings. The SMILES string of the molecule is NC(=O)[C@H](C[C@@H]1CCCCC1=O)NC(=O)[C@@H](N)CC1CC1. The van der Waals surface area contributed by atoms with Gasteiger partial charge in [-0.05, 0) is 31.6 Å². The predicted octanol–water partition coefficient (Wildman–Crippen LogP) is 0.233.